The molecule has 3 heteroatoms. The normalized spacial score (nSPS) is 14.7. The van der Waals surface area contributed by atoms with Crippen molar-refractivity contribution in [1.82, 2.24) is 5.32 Å². The van der Waals surface area contributed by atoms with Crippen LogP contribution in [0.1, 0.15) is 52.0 Å². The van der Waals surface area contributed by atoms with Crippen LogP contribution in [-0.2, 0) is 6.54 Å². The fourth-order valence-electron chi connectivity index (χ4n) is 2.59. The highest BCUT2D eigenvalue weighted by Crippen LogP contribution is 2.33. The summed E-state index contributed by atoms with van der Waals surface area (Å²) in [5.74, 6) is 0.591. The van der Waals surface area contributed by atoms with Gasteiger partial charge >= 0.3 is 0 Å². The molecule has 0 saturated heterocycles. The van der Waals surface area contributed by atoms with Crippen molar-refractivity contribution < 1.29 is 4.39 Å². The monoisotopic (exact) mass is 292 g/mol. The van der Waals surface area contributed by atoms with E-state index in [0.29, 0.717) is 12.0 Å². The summed E-state index contributed by atoms with van der Waals surface area (Å²) in [6.07, 6.45) is 4.63. The Morgan fingerprint density at radius 1 is 1.33 bits per heavy atom. The molecule has 1 aliphatic rings. The Bertz CT molecular complexity index is 441. The van der Waals surface area contributed by atoms with Crippen molar-refractivity contribution in [2.45, 2.75) is 59.0 Å². The fraction of sp³-hybridized carbons (Fsp3) is 0.667. The SMILES string of the molecule is CCCNCc1ccc(N(CCC(C)C)C2CC2)c(F)c1. The van der Waals surface area contributed by atoms with Gasteiger partial charge in [-0.3, -0.25) is 0 Å². The maximum absolute atomic E-state index is 14.5. The summed E-state index contributed by atoms with van der Waals surface area (Å²) >= 11 is 0. The van der Waals surface area contributed by atoms with Crippen LogP contribution in [0.25, 0.3) is 0 Å². The Labute approximate surface area is 128 Å². The quantitative estimate of drug-likeness (QED) is 0.681. The molecule has 0 amide bonds. The van der Waals surface area contributed by atoms with Crippen LogP contribution in [0, 0.1) is 11.7 Å². The number of hydrogen-bond acceptors (Lipinski definition) is 2. The molecule has 118 valence electrons. The molecule has 1 aromatic carbocycles. The Morgan fingerprint density at radius 3 is 2.67 bits per heavy atom. The molecule has 2 rings (SSSR count). The predicted molar refractivity (Wildman–Crippen MR) is 88.2 cm³/mol. The lowest BCUT2D eigenvalue weighted by molar-refractivity contribution is 0.558. The predicted octanol–water partition coefficient (Wildman–Crippen LogP) is 4.34. The van der Waals surface area contributed by atoms with E-state index >= 15 is 0 Å². The van der Waals surface area contributed by atoms with Crippen molar-refractivity contribution >= 4 is 5.69 Å². The van der Waals surface area contributed by atoms with Gasteiger partial charge in [0.15, 0.2) is 0 Å². The van der Waals surface area contributed by atoms with E-state index in [1.807, 2.05) is 6.07 Å². The molecule has 0 atom stereocenters. The van der Waals surface area contributed by atoms with Gasteiger partial charge in [0.05, 0.1) is 5.69 Å². The number of halogens is 1. The van der Waals surface area contributed by atoms with Gasteiger partial charge in [0.2, 0.25) is 0 Å². The van der Waals surface area contributed by atoms with Crippen molar-refractivity contribution in [2.75, 3.05) is 18.0 Å². The van der Waals surface area contributed by atoms with Crippen molar-refractivity contribution in [2.24, 2.45) is 5.92 Å². The van der Waals surface area contributed by atoms with Crippen molar-refractivity contribution in [3.63, 3.8) is 0 Å². The van der Waals surface area contributed by atoms with Crippen LogP contribution in [0.15, 0.2) is 18.2 Å². The van der Waals surface area contributed by atoms with Crippen LogP contribution < -0.4 is 10.2 Å². The molecule has 21 heavy (non-hydrogen) atoms. The van der Waals surface area contributed by atoms with E-state index in [4.69, 9.17) is 0 Å². The first-order valence-electron chi connectivity index (χ1n) is 8.37. The molecule has 0 radical (unpaired) electrons. The second kappa shape index (κ2) is 7.79. The third-order valence-corrected chi connectivity index (χ3v) is 4.01. The largest absolute Gasteiger partial charge is 0.366 e. The molecule has 1 N–H and O–H groups in total. The van der Waals surface area contributed by atoms with Crippen LogP contribution in [-0.4, -0.2) is 19.1 Å². The number of nitrogens with zero attached hydrogens (tertiary/aromatic N) is 1. The average molecular weight is 292 g/mol. The molecule has 0 bridgehead atoms. The van der Waals surface area contributed by atoms with E-state index < -0.39 is 0 Å². The molecule has 1 aliphatic carbocycles. The summed E-state index contributed by atoms with van der Waals surface area (Å²) in [6.45, 7) is 9.28. The minimum atomic E-state index is -0.0681. The molecule has 0 spiro atoms. The van der Waals surface area contributed by atoms with E-state index in [-0.39, 0.29) is 5.82 Å². The van der Waals surface area contributed by atoms with Gasteiger partial charge in [-0.25, -0.2) is 4.39 Å². The third-order valence-electron chi connectivity index (χ3n) is 4.01. The zero-order valence-corrected chi connectivity index (χ0v) is 13.7. The summed E-state index contributed by atoms with van der Waals surface area (Å²) < 4.78 is 14.5. The van der Waals surface area contributed by atoms with Crippen LogP contribution in [0.2, 0.25) is 0 Å². The molecule has 1 aromatic rings. The van der Waals surface area contributed by atoms with Gasteiger partial charge < -0.3 is 10.2 Å². The van der Waals surface area contributed by atoms with E-state index in [2.05, 4.69) is 37.1 Å². The van der Waals surface area contributed by atoms with Gasteiger partial charge in [0.1, 0.15) is 5.82 Å². The molecule has 1 fully saturated rings. The van der Waals surface area contributed by atoms with Gasteiger partial charge in [-0.1, -0.05) is 26.8 Å². The van der Waals surface area contributed by atoms with E-state index in [0.717, 1.165) is 43.7 Å². The van der Waals surface area contributed by atoms with Gasteiger partial charge in [-0.05, 0) is 55.8 Å². The Kier molecular flexibility index (Phi) is 6.04. The maximum atomic E-state index is 14.5. The number of nitrogens with one attached hydrogen (secondary N) is 1. The summed E-state index contributed by atoms with van der Waals surface area (Å²) in [5.41, 5.74) is 1.82. The third kappa shape index (κ3) is 4.99. The summed E-state index contributed by atoms with van der Waals surface area (Å²) in [6, 6.07) is 6.29. The van der Waals surface area contributed by atoms with Crippen LogP contribution in [0.4, 0.5) is 10.1 Å². The maximum Gasteiger partial charge on any atom is 0.146 e. The standard InChI is InChI=1S/C18H29FN2/c1-4-10-20-13-15-5-8-18(17(19)12-15)21(16-6-7-16)11-9-14(2)3/h5,8,12,14,16,20H,4,6-7,9-11,13H2,1-3H3. The Hall–Kier alpha value is -1.09. The highest BCUT2D eigenvalue weighted by Gasteiger charge is 2.30. The van der Waals surface area contributed by atoms with Crippen LogP contribution in [0.3, 0.4) is 0 Å². The summed E-state index contributed by atoms with van der Waals surface area (Å²) in [7, 11) is 0. The molecule has 2 nitrogen and oxygen atoms in total. The Balaban J connectivity index is 2.03. The molecular weight excluding hydrogens is 263 g/mol. The smallest absolute Gasteiger partial charge is 0.146 e. The Morgan fingerprint density at radius 2 is 2.10 bits per heavy atom. The lowest BCUT2D eigenvalue weighted by Gasteiger charge is -2.26. The van der Waals surface area contributed by atoms with Gasteiger partial charge in [0, 0.05) is 19.1 Å². The summed E-state index contributed by atoms with van der Waals surface area (Å²) in [4.78, 5) is 2.28. The van der Waals surface area contributed by atoms with Crippen molar-refractivity contribution in [1.29, 1.82) is 0 Å². The summed E-state index contributed by atoms with van der Waals surface area (Å²) in [5, 5.41) is 3.32. The topological polar surface area (TPSA) is 15.3 Å². The molecular formula is C18H29FN2. The molecule has 0 aromatic heterocycles. The van der Waals surface area contributed by atoms with Gasteiger partial charge in [0.25, 0.3) is 0 Å². The zero-order chi connectivity index (χ0) is 15.2. The van der Waals surface area contributed by atoms with E-state index in [1.54, 1.807) is 6.07 Å². The second-order valence-corrected chi connectivity index (χ2v) is 6.57. The highest BCUT2D eigenvalue weighted by molar-refractivity contribution is 5.51. The highest BCUT2D eigenvalue weighted by atomic mass is 19.1. The first kappa shape index (κ1) is 16.3. The van der Waals surface area contributed by atoms with Crippen LogP contribution >= 0.6 is 0 Å². The molecule has 0 heterocycles. The zero-order valence-electron chi connectivity index (χ0n) is 13.7. The molecule has 0 unspecified atom stereocenters. The first-order chi connectivity index (χ1) is 10.1. The lowest BCUT2D eigenvalue weighted by atomic mass is 10.1. The number of rotatable bonds is 9. The minimum Gasteiger partial charge on any atom is -0.366 e. The van der Waals surface area contributed by atoms with Crippen molar-refractivity contribution in [3.05, 3.63) is 29.6 Å². The number of benzene rings is 1. The lowest BCUT2D eigenvalue weighted by Crippen LogP contribution is -2.28. The number of anilines is 1. The van der Waals surface area contributed by atoms with Crippen LogP contribution in [0.5, 0.6) is 0 Å². The van der Waals surface area contributed by atoms with Gasteiger partial charge in [-0.15, -0.1) is 0 Å². The van der Waals surface area contributed by atoms with Gasteiger partial charge in [-0.2, -0.15) is 0 Å². The second-order valence-electron chi connectivity index (χ2n) is 6.57. The fourth-order valence-corrected chi connectivity index (χ4v) is 2.59. The molecule has 1 saturated carbocycles. The molecule has 0 aliphatic heterocycles. The minimum absolute atomic E-state index is 0.0681. The number of hydrogen-bond donors (Lipinski definition) is 1. The van der Waals surface area contributed by atoms with E-state index in [9.17, 15) is 4.39 Å². The van der Waals surface area contributed by atoms with E-state index in [1.165, 1.54) is 12.8 Å². The first-order valence-corrected chi connectivity index (χ1v) is 8.37. The average Bonchev–Trinajstić information content (AvgIpc) is 3.25. The van der Waals surface area contributed by atoms with Crippen molar-refractivity contribution in [3.8, 4) is 0 Å².